The Morgan fingerprint density at radius 2 is 1.59 bits per heavy atom. The van der Waals surface area contributed by atoms with E-state index in [2.05, 4.69) is 10.6 Å². The van der Waals surface area contributed by atoms with Crippen LogP contribution in [0, 0.1) is 0 Å². The maximum absolute atomic E-state index is 13.0. The molecule has 2 fully saturated rings. The Morgan fingerprint density at radius 1 is 0.941 bits per heavy atom. The molecule has 0 aromatic heterocycles. The van der Waals surface area contributed by atoms with E-state index in [4.69, 9.17) is 0 Å². The summed E-state index contributed by atoms with van der Waals surface area (Å²) in [5.74, 6) is -0.301. The summed E-state index contributed by atoms with van der Waals surface area (Å²) in [5, 5.41) is 5.49. The standard InChI is InChI=1S/C22H23F3N4O4S/c23-22(24,25)16-2-1-3-19(14-16)34(32,33)29-12-10-28(11-13-29)20(30)15-4-6-17(7-5-15)26-21(31)27-18-8-9-18/h1-7,14,18H,8-13H2,(H2,26,27,31). The van der Waals surface area contributed by atoms with Crippen LogP contribution in [0.4, 0.5) is 23.7 Å². The van der Waals surface area contributed by atoms with Gasteiger partial charge in [-0.15, -0.1) is 0 Å². The second-order valence-electron chi connectivity index (χ2n) is 8.17. The van der Waals surface area contributed by atoms with Crippen molar-refractivity contribution in [3.63, 3.8) is 0 Å². The van der Waals surface area contributed by atoms with Gasteiger partial charge in [-0.25, -0.2) is 13.2 Å². The molecular formula is C22H23F3N4O4S. The van der Waals surface area contributed by atoms with Crippen LogP contribution in [0.1, 0.15) is 28.8 Å². The topological polar surface area (TPSA) is 98.8 Å². The summed E-state index contributed by atoms with van der Waals surface area (Å²) in [6.07, 6.45) is -2.71. The molecule has 12 heteroatoms. The number of sulfonamides is 1. The maximum Gasteiger partial charge on any atom is 0.416 e. The van der Waals surface area contributed by atoms with Gasteiger partial charge in [0.05, 0.1) is 10.5 Å². The Bertz CT molecular complexity index is 1170. The lowest BCUT2D eigenvalue weighted by Gasteiger charge is -2.34. The van der Waals surface area contributed by atoms with Gasteiger partial charge >= 0.3 is 12.2 Å². The number of nitrogens with one attached hydrogen (secondary N) is 2. The van der Waals surface area contributed by atoms with Crippen LogP contribution in [-0.4, -0.2) is 61.8 Å². The Balaban J connectivity index is 1.35. The third kappa shape index (κ3) is 5.50. The molecule has 1 heterocycles. The molecule has 0 radical (unpaired) electrons. The molecule has 1 saturated heterocycles. The van der Waals surface area contributed by atoms with Gasteiger partial charge in [0, 0.05) is 43.5 Å². The van der Waals surface area contributed by atoms with Crippen molar-refractivity contribution >= 4 is 27.6 Å². The molecule has 34 heavy (non-hydrogen) atoms. The Kier molecular flexibility index (Phi) is 6.54. The van der Waals surface area contributed by atoms with Gasteiger partial charge in [0.25, 0.3) is 5.91 Å². The first-order valence-electron chi connectivity index (χ1n) is 10.7. The van der Waals surface area contributed by atoms with Crippen molar-refractivity contribution in [2.45, 2.75) is 30.0 Å². The molecule has 0 unspecified atom stereocenters. The largest absolute Gasteiger partial charge is 0.416 e. The van der Waals surface area contributed by atoms with Crippen molar-refractivity contribution in [1.29, 1.82) is 0 Å². The molecule has 182 valence electrons. The van der Waals surface area contributed by atoms with Gasteiger partial charge in [-0.1, -0.05) is 6.07 Å². The van der Waals surface area contributed by atoms with Gasteiger partial charge in [-0.05, 0) is 55.3 Å². The van der Waals surface area contributed by atoms with Crippen LogP contribution in [0.5, 0.6) is 0 Å². The number of carbonyl (C=O) groups is 2. The molecule has 2 aromatic rings. The highest BCUT2D eigenvalue weighted by atomic mass is 32.2. The van der Waals surface area contributed by atoms with Crippen LogP contribution in [0.25, 0.3) is 0 Å². The zero-order valence-electron chi connectivity index (χ0n) is 18.0. The summed E-state index contributed by atoms with van der Waals surface area (Å²) >= 11 is 0. The highest BCUT2D eigenvalue weighted by Gasteiger charge is 2.34. The molecule has 0 atom stereocenters. The fraction of sp³-hybridized carbons (Fsp3) is 0.364. The quantitative estimate of drug-likeness (QED) is 0.665. The van der Waals surface area contributed by atoms with Gasteiger partial charge in [-0.2, -0.15) is 17.5 Å². The molecule has 2 aromatic carbocycles. The highest BCUT2D eigenvalue weighted by Crippen LogP contribution is 2.31. The van der Waals surface area contributed by atoms with Gasteiger partial charge in [0.15, 0.2) is 0 Å². The van der Waals surface area contributed by atoms with E-state index in [-0.39, 0.29) is 44.2 Å². The van der Waals surface area contributed by atoms with Crippen molar-refractivity contribution in [2.24, 2.45) is 0 Å². The lowest BCUT2D eigenvalue weighted by atomic mass is 10.1. The lowest BCUT2D eigenvalue weighted by molar-refractivity contribution is -0.137. The molecule has 1 aliphatic carbocycles. The molecular weight excluding hydrogens is 473 g/mol. The maximum atomic E-state index is 13.0. The third-order valence-electron chi connectivity index (χ3n) is 5.63. The van der Waals surface area contributed by atoms with Gasteiger partial charge < -0.3 is 15.5 Å². The number of hydrogen-bond donors (Lipinski definition) is 2. The monoisotopic (exact) mass is 496 g/mol. The number of carbonyl (C=O) groups excluding carboxylic acids is 2. The molecule has 3 amide bonds. The van der Waals surface area contributed by atoms with E-state index in [0.29, 0.717) is 17.3 Å². The summed E-state index contributed by atoms with van der Waals surface area (Å²) in [6, 6.07) is 9.89. The third-order valence-corrected chi connectivity index (χ3v) is 7.52. The number of anilines is 1. The average Bonchev–Trinajstić information content (AvgIpc) is 3.62. The van der Waals surface area contributed by atoms with Crippen LogP contribution < -0.4 is 10.6 Å². The summed E-state index contributed by atoms with van der Waals surface area (Å²) in [6.45, 7) is 0.123. The van der Waals surface area contributed by atoms with Gasteiger partial charge in [0.2, 0.25) is 10.0 Å². The average molecular weight is 497 g/mol. The van der Waals surface area contributed by atoms with Crippen molar-refractivity contribution < 1.29 is 31.2 Å². The fourth-order valence-electron chi connectivity index (χ4n) is 3.57. The number of benzene rings is 2. The SMILES string of the molecule is O=C(Nc1ccc(C(=O)N2CCN(S(=O)(=O)c3cccc(C(F)(F)F)c3)CC2)cc1)NC1CC1. The number of amides is 3. The van der Waals surface area contributed by atoms with Crippen LogP contribution in [-0.2, 0) is 16.2 Å². The number of alkyl halides is 3. The predicted molar refractivity (Wildman–Crippen MR) is 118 cm³/mol. The van der Waals surface area contributed by atoms with Crippen molar-refractivity contribution in [2.75, 3.05) is 31.5 Å². The summed E-state index contributed by atoms with van der Waals surface area (Å²) in [5.41, 5.74) is -0.126. The second kappa shape index (κ2) is 9.26. The minimum atomic E-state index is -4.65. The van der Waals surface area contributed by atoms with Crippen molar-refractivity contribution in [1.82, 2.24) is 14.5 Å². The summed E-state index contributed by atoms with van der Waals surface area (Å²) in [4.78, 5) is 25.7. The predicted octanol–water partition coefficient (Wildman–Crippen LogP) is 3.14. The van der Waals surface area contributed by atoms with Crippen molar-refractivity contribution in [3.8, 4) is 0 Å². The van der Waals surface area contributed by atoms with E-state index in [0.717, 1.165) is 35.3 Å². The fourth-order valence-corrected chi connectivity index (χ4v) is 5.04. The number of halogens is 3. The molecule has 0 bridgehead atoms. The Hall–Kier alpha value is -3.12. The number of hydrogen-bond acceptors (Lipinski definition) is 4. The van der Waals surface area contributed by atoms with Gasteiger partial charge in [-0.3, -0.25) is 4.79 Å². The van der Waals surface area contributed by atoms with Crippen LogP contribution >= 0.6 is 0 Å². The molecule has 1 aliphatic heterocycles. The number of piperazine rings is 1. The number of nitrogens with zero attached hydrogens (tertiary/aromatic N) is 2. The van der Waals surface area contributed by atoms with E-state index >= 15 is 0 Å². The minimum Gasteiger partial charge on any atom is -0.336 e. The van der Waals surface area contributed by atoms with E-state index in [1.165, 1.54) is 4.90 Å². The molecule has 2 aliphatic rings. The van der Waals surface area contributed by atoms with E-state index in [9.17, 15) is 31.2 Å². The normalized spacial score (nSPS) is 17.3. The number of rotatable bonds is 5. The van der Waals surface area contributed by atoms with E-state index in [1.807, 2.05) is 0 Å². The van der Waals surface area contributed by atoms with Crippen LogP contribution in [0.3, 0.4) is 0 Å². The number of urea groups is 1. The molecule has 2 N–H and O–H groups in total. The van der Waals surface area contributed by atoms with Crippen LogP contribution in [0.2, 0.25) is 0 Å². The minimum absolute atomic E-state index is 0.0364. The second-order valence-corrected chi connectivity index (χ2v) is 10.1. The lowest BCUT2D eigenvalue weighted by Crippen LogP contribution is -2.50. The first kappa shape index (κ1) is 24.0. The zero-order chi connectivity index (χ0) is 24.5. The Morgan fingerprint density at radius 3 is 2.18 bits per heavy atom. The molecule has 0 spiro atoms. The molecule has 1 saturated carbocycles. The van der Waals surface area contributed by atoms with E-state index in [1.54, 1.807) is 24.3 Å². The first-order valence-corrected chi connectivity index (χ1v) is 12.1. The van der Waals surface area contributed by atoms with Gasteiger partial charge in [0.1, 0.15) is 0 Å². The summed E-state index contributed by atoms with van der Waals surface area (Å²) < 4.78 is 65.6. The van der Waals surface area contributed by atoms with Crippen molar-refractivity contribution in [3.05, 3.63) is 59.7 Å². The zero-order valence-corrected chi connectivity index (χ0v) is 18.8. The van der Waals surface area contributed by atoms with Crippen LogP contribution in [0.15, 0.2) is 53.4 Å². The molecule has 8 nitrogen and oxygen atoms in total. The molecule has 4 rings (SSSR count). The van der Waals surface area contributed by atoms with E-state index < -0.39 is 26.7 Å². The first-order chi connectivity index (χ1) is 16.0. The smallest absolute Gasteiger partial charge is 0.336 e. The summed E-state index contributed by atoms with van der Waals surface area (Å²) in [7, 11) is -4.13. The highest BCUT2D eigenvalue weighted by molar-refractivity contribution is 7.89. The Labute approximate surface area is 194 Å².